The topological polar surface area (TPSA) is 32.5 Å². The minimum atomic E-state index is 0.123. The number of thiophene rings is 1. The van der Waals surface area contributed by atoms with Gasteiger partial charge in [-0.15, -0.1) is 11.3 Å². The minimum Gasteiger partial charge on any atom is -0.329 e. The second-order valence-corrected chi connectivity index (χ2v) is 6.68. The molecule has 3 unspecified atom stereocenters. The van der Waals surface area contributed by atoms with Gasteiger partial charge in [-0.1, -0.05) is 6.07 Å². The van der Waals surface area contributed by atoms with Crippen LogP contribution in [0.15, 0.2) is 17.5 Å². The van der Waals surface area contributed by atoms with Crippen LogP contribution in [0.2, 0.25) is 0 Å². The van der Waals surface area contributed by atoms with Gasteiger partial charge in [0.2, 0.25) is 0 Å². The number of likely N-dealkylation sites (tertiary alicyclic amines) is 1. The van der Waals surface area contributed by atoms with E-state index in [2.05, 4.69) is 55.3 Å². The number of likely N-dealkylation sites (N-methyl/N-ethyl adjacent to an activating group) is 2. The van der Waals surface area contributed by atoms with E-state index < -0.39 is 0 Å². The van der Waals surface area contributed by atoms with E-state index in [-0.39, 0.29) is 5.54 Å². The lowest BCUT2D eigenvalue weighted by Crippen LogP contribution is -2.54. The van der Waals surface area contributed by atoms with Gasteiger partial charge in [0.1, 0.15) is 0 Å². The standard InChI is InChI=1S/C14H25N3S/c1-11-8-14(9-15,10-16(11)3)17(4)12(2)13-6-5-7-18-13/h5-7,11-12H,8-10,15H2,1-4H3. The molecule has 102 valence electrons. The van der Waals surface area contributed by atoms with Crippen molar-refractivity contribution in [2.24, 2.45) is 5.73 Å². The summed E-state index contributed by atoms with van der Waals surface area (Å²) < 4.78 is 0. The van der Waals surface area contributed by atoms with E-state index in [0.717, 1.165) is 19.5 Å². The normalized spacial score (nSPS) is 31.1. The molecule has 1 fully saturated rings. The quantitative estimate of drug-likeness (QED) is 0.907. The van der Waals surface area contributed by atoms with E-state index in [4.69, 9.17) is 5.73 Å². The maximum atomic E-state index is 6.12. The number of rotatable bonds is 4. The average molecular weight is 267 g/mol. The van der Waals surface area contributed by atoms with Crippen LogP contribution in [0.3, 0.4) is 0 Å². The van der Waals surface area contributed by atoms with Crippen molar-refractivity contribution in [1.82, 2.24) is 9.80 Å². The number of nitrogens with zero attached hydrogens (tertiary/aromatic N) is 2. The van der Waals surface area contributed by atoms with Gasteiger partial charge in [-0.25, -0.2) is 0 Å². The Hall–Kier alpha value is -0.420. The molecule has 2 N–H and O–H groups in total. The average Bonchev–Trinajstić information content (AvgIpc) is 2.97. The molecule has 4 heteroatoms. The van der Waals surface area contributed by atoms with Crippen molar-refractivity contribution in [2.75, 3.05) is 27.2 Å². The third-order valence-electron chi connectivity index (χ3n) is 4.64. The van der Waals surface area contributed by atoms with Gasteiger partial charge in [0.15, 0.2) is 0 Å². The highest BCUT2D eigenvalue weighted by atomic mass is 32.1. The van der Waals surface area contributed by atoms with Gasteiger partial charge in [0, 0.05) is 35.6 Å². The van der Waals surface area contributed by atoms with Crippen molar-refractivity contribution in [1.29, 1.82) is 0 Å². The van der Waals surface area contributed by atoms with Gasteiger partial charge < -0.3 is 10.6 Å². The van der Waals surface area contributed by atoms with Crippen LogP contribution < -0.4 is 5.73 Å². The molecule has 2 heterocycles. The van der Waals surface area contributed by atoms with E-state index in [0.29, 0.717) is 12.1 Å². The first-order chi connectivity index (χ1) is 8.50. The minimum absolute atomic E-state index is 0.123. The summed E-state index contributed by atoms with van der Waals surface area (Å²) in [5.41, 5.74) is 6.24. The lowest BCUT2D eigenvalue weighted by Gasteiger charge is -2.41. The second-order valence-electron chi connectivity index (χ2n) is 5.70. The molecule has 0 saturated carbocycles. The van der Waals surface area contributed by atoms with Crippen LogP contribution in [0.1, 0.15) is 31.2 Å². The largest absolute Gasteiger partial charge is 0.329 e. The fourth-order valence-corrected chi connectivity index (χ4v) is 3.89. The summed E-state index contributed by atoms with van der Waals surface area (Å²) in [5.74, 6) is 0. The molecule has 2 rings (SSSR count). The van der Waals surface area contributed by atoms with E-state index in [1.54, 1.807) is 0 Å². The molecule has 3 nitrogen and oxygen atoms in total. The van der Waals surface area contributed by atoms with Gasteiger partial charge in [0.05, 0.1) is 0 Å². The molecule has 1 aliphatic rings. The van der Waals surface area contributed by atoms with Gasteiger partial charge in [-0.3, -0.25) is 4.90 Å². The fraction of sp³-hybridized carbons (Fsp3) is 0.714. The fourth-order valence-electron chi connectivity index (χ4n) is 3.07. The van der Waals surface area contributed by atoms with Crippen LogP contribution in [0.25, 0.3) is 0 Å². The predicted molar refractivity (Wildman–Crippen MR) is 79.0 cm³/mol. The number of nitrogens with two attached hydrogens (primary N) is 1. The Morgan fingerprint density at radius 2 is 2.39 bits per heavy atom. The van der Waals surface area contributed by atoms with E-state index in [1.165, 1.54) is 4.88 Å². The van der Waals surface area contributed by atoms with Crippen molar-refractivity contribution >= 4 is 11.3 Å². The van der Waals surface area contributed by atoms with Gasteiger partial charge in [0.25, 0.3) is 0 Å². The molecular formula is C14H25N3S. The van der Waals surface area contributed by atoms with Crippen molar-refractivity contribution in [3.8, 4) is 0 Å². The first-order valence-corrected chi connectivity index (χ1v) is 7.55. The van der Waals surface area contributed by atoms with Crippen LogP contribution in [0.5, 0.6) is 0 Å². The first-order valence-electron chi connectivity index (χ1n) is 6.67. The van der Waals surface area contributed by atoms with Crippen molar-refractivity contribution in [3.63, 3.8) is 0 Å². The molecule has 0 aromatic carbocycles. The highest BCUT2D eigenvalue weighted by molar-refractivity contribution is 7.10. The van der Waals surface area contributed by atoms with E-state index in [9.17, 15) is 0 Å². The SMILES string of the molecule is CC1CC(CN)(N(C)C(C)c2cccs2)CN1C. The summed E-state index contributed by atoms with van der Waals surface area (Å²) in [5, 5.41) is 2.15. The van der Waals surface area contributed by atoms with E-state index in [1.807, 2.05) is 11.3 Å². The lowest BCUT2D eigenvalue weighted by molar-refractivity contribution is 0.0936. The summed E-state index contributed by atoms with van der Waals surface area (Å²) in [6, 6.07) is 5.40. The van der Waals surface area contributed by atoms with Gasteiger partial charge >= 0.3 is 0 Å². The Labute approximate surface area is 115 Å². The molecule has 0 radical (unpaired) electrons. The molecule has 0 aliphatic carbocycles. The molecule has 18 heavy (non-hydrogen) atoms. The van der Waals surface area contributed by atoms with Crippen LogP contribution >= 0.6 is 11.3 Å². The zero-order valence-corrected chi connectivity index (χ0v) is 12.7. The maximum Gasteiger partial charge on any atom is 0.0476 e. The van der Waals surface area contributed by atoms with Crippen LogP contribution in [-0.2, 0) is 0 Å². The maximum absolute atomic E-state index is 6.12. The highest BCUT2D eigenvalue weighted by Gasteiger charge is 2.44. The summed E-state index contributed by atoms with van der Waals surface area (Å²) in [6.45, 7) is 6.37. The highest BCUT2D eigenvalue weighted by Crippen LogP contribution is 2.36. The van der Waals surface area contributed by atoms with Crippen molar-refractivity contribution < 1.29 is 0 Å². The molecule has 1 aromatic heterocycles. The monoisotopic (exact) mass is 267 g/mol. The van der Waals surface area contributed by atoms with Gasteiger partial charge in [-0.2, -0.15) is 0 Å². The Bertz CT molecular complexity index is 366. The molecule has 1 saturated heterocycles. The molecule has 3 atom stereocenters. The Morgan fingerprint density at radius 1 is 1.67 bits per heavy atom. The van der Waals surface area contributed by atoms with E-state index >= 15 is 0 Å². The molecular weight excluding hydrogens is 242 g/mol. The molecule has 0 bridgehead atoms. The Kier molecular flexibility index (Phi) is 4.11. The number of hydrogen-bond donors (Lipinski definition) is 1. The smallest absolute Gasteiger partial charge is 0.0476 e. The van der Waals surface area contributed by atoms with Crippen LogP contribution in [-0.4, -0.2) is 48.6 Å². The Morgan fingerprint density at radius 3 is 2.83 bits per heavy atom. The van der Waals surface area contributed by atoms with Crippen molar-refractivity contribution in [3.05, 3.63) is 22.4 Å². The zero-order chi connectivity index (χ0) is 13.3. The first kappa shape index (κ1) is 14.0. The Balaban J connectivity index is 2.18. The van der Waals surface area contributed by atoms with Crippen LogP contribution in [0.4, 0.5) is 0 Å². The summed E-state index contributed by atoms with van der Waals surface area (Å²) in [6.07, 6.45) is 1.16. The van der Waals surface area contributed by atoms with Gasteiger partial charge in [-0.05, 0) is 45.8 Å². The molecule has 0 amide bonds. The number of hydrogen-bond acceptors (Lipinski definition) is 4. The molecule has 0 spiro atoms. The van der Waals surface area contributed by atoms with Crippen LogP contribution in [0, 0.1) is 0 Å². The van der Waals surface area contributed by atoms with Crippen molar-refractivity contribution in [2.45, 2.75) is 37.9 Å². The lowest BCUT2D eigenvalue weighted by atomic mass is 9.92. The zero-order valence-electron chi connectivity index (χ0n) is 11.9. The predicted octanol–water partition coefficient (Wildman–Crippen LogP) is 2.16. The summed E-state index contributed by atoms with van der Waals surface area (Å²) in [4.78, 5) is 6.33. The second kappa shape index (κ2) is 5.29. The third kappa shape index (κ3) is 2.35. The third-order valence-corrected chi connectivity index (χ3v) is 5.68. The molecule has 1 aromatic rings. The summed E-state index contributed by atoms with van der Waals surface area (Å²) >= 11 is 1.83. The summed E-state index contributed by atoms with van der Waals surface area (Å²) in [7, 11) is 4.43. The molecule has 1 aliphatic heterocycles.